The van der Waals surface area contributed by atoms with Crippen LogP contribution in [0.15, 0.2) is 51.9 Å². The second-order valence-corrected chi connectivity index (χ2v) is 7.59. The first-order chi connectivity index (χ1) is 15.0. The number of para-hydroxylation sites is 1. The molecule has 0 radical (unpaired) electrons. The number of carbonyl (C=O) groups excluding carboxylic acids is 1. The van der Waals surface area contributed by atoms with Gasteiger partial charge in [-0.25, -0.2) is 0 Å². The quantitative estimate of drug-likeness (QED) is 0.496. The Balaban J connectivity index is 1.53. The van der Waals surface area contributed by atoms with Gasteiger partial charge in [0, 0.05) is 43.3 Å². The number of hydrogen-bond acceptors (Lipinski definition) is 5. The summed E-state index contributed by atoms with van der Waals surface area (Å²) >= 11 is 0. The lowest BCUT2D eigenvalue weighted by atomic mass is 10.1. The van der Waals surface area contributed by atoms with Gasteiger partial charge in [-0.1, -0.05) is 25.1 Å². The van der Waals surface area contributed by atoms with Gasteiger partial charge in [0.15, 0.2) is 0 Å². The zero-order valence-electron chi connectivity index (χ0n) is 17.9. The van der Waals surface area contributed by atoms with Gasteiger partial charge < -0.3 is 18.9 Å². The predicted octanol–water partition coefficient (Wildman–Crippen LogP) is 3.10. The number of benzene rings is 1. The van der Waals surface area contributed by atoms with E-state index in [9.17, 15) is 9.59 Å². The molecule has 8 heteroatoms. The lowest BCUT2D eigenvalue weighted by Crippen LogP contribution is -2.35. The molecule has 8 nitrogen and oxygen atoms in total. The molecule has 0 aliphatic rings. The van der Waals surface area contributed by atoms with Crippen LogP contribution >= 0.6 is 0 Å². The van der Waals surface area contributed by atoms with E-state index in [1.54, 1.807) is 30.8 Å². The number of carbonyl (C=O) groups is 1. The van der Waals surface area contributed by atoms with Crippen molar-refractivity contribution >= 4 is 16.8 Å². The van der Waals surface area contributed by atoms with Gasteiger partial charge in [-0.15, -0.1) is 10.2 Å². The Morgan fingerprint density at radius 1 is 1.19 bits per heavy atom. The molecule has 0 spiro atoms. The molecule has 0 fully saturated rings. The third-order valence-electron chi connectivity index (χ3n) is 5.41. The van der Waals surface area contributed by atoms with Crippen molar-refractivity contribution < 1.29 is 9.21 Å². The van der Waals surface area contributed by atoms with Crippen LogP contribution in [0.4, 0.5) is 0 Å². The van der Waals surface area contributed by atoms with E-state index in [1.807, 2.05) is 31.3 Å². The largest absolute Gasteiger partial charge is 0.423 e. The molecule has 0 saturated heterocycles. The van der Waals surface area contributed by atoms with Crippen LogP contribution < -0.4 is 5.56 Å². The number of nitrogens with one attached hydrogen (secondary N) is 1. The molecule has 0 atom stereocenters. The van der Waals surface area contributed by atoms with E-state index < -0.39 is 0 Å². The van der Waals surface area contributed by atoms with E-state index >= 15 is 0 Å². The van der Waals surface area contributed by atoms with Crippen LogP contribution in [0.1, 0.15) is 40.2 Å². The molecule has 1 aromatic carbocycles. The molecular formula is C23H25N5O3. The zero-order chi connectivity index (χ0) is 22.0. The molecule has 0 saturated carbocycles. The SMILES string of the molecule is CCc1nnc(CN(C)C(=O)c2c(C)ccn(CCc3c[nH]c4ccccc34)c2=O)o1. The maximum atomic E-state index is 13.1. The van der Waals surface area contributed by atoms with Gasteiger partial charge in [0.05, 0.1) is 6.54 Å². The number of aromatic amines is 1. The predicted molar refractivity (Wildman–Crippen MR) is 117 cm³/mol. The van der Waals surface area contributed by atoms with Crippen LogP contribution in [0, 0.1) is 6.92 Å². The smallest absolute Gasteiger partial charge is 0.263 e. The van der Waals surface area contributed by atoms with Crippen molar-refractivity contribution in [1.82, 2.24) is 24.6 Å². The lowest BCUT2D eigenvalue weighted by molar-refractivity contribution is 0.0769. The summed E-state index contributed by atoms with van der Waals surface area (Å²) in [5.41, 5.74) is 2.72. The summed E-state index contributed by atoms with van der Waals surface area (Å²) in [4.78, 5) is 30.8. The average molecular weight is 419 g/mol. The van der Waals surface area contributed by atoms with Gasteiger partial charge >= 0.3 is 0 Å². The fourth-order valence-electron chi connectivity index (χ4n) is 3.64. The number of fused-ring (bicyclic) bond motifs is 1. The van der Waals surface area contributed by atoms with E-state index in [2.05, 4.69) is 21.2 Å². The minimum atomic E-state index is -0.361. The summed E-state index contributed by atoms with van der Waals surface area (Å²) < 4.78 is 7.08. The Morgan fingerprint density at radius 3 is 2.74 bits per heavy atom. The first-order valence-electron chi connectivity index (χ1n) is 10.3. The molecule has 0 aliphatic heterocycles. The van der Waals surface area contributed by atoms with Gasteiger partial charge in [0.1, 0.15) is 5.56 Å². The monoisotopic (exact) mass is 419 g/mol. The van der Waals surface area contributed by atoms with Crippen molar-refractivity contribution in [3.63, 3.8) is 0 Å². The molecule has 31 heavy (non-hydrogen) atoms. The van der Waals surface area contributed by atoms with Crippen LogP contribution in [0.5, 0.6) is 0 Å². The number of H-pyrrole nitrogens is 1. The van der Waals surface area contributed by atoms with Crippen LogP contribution in [0.3, 0.4) is 0 Å². The maximum Gasteiger partial charge on any atom is 0.263 e. The highest BCUT2D eigenvalue weighted by Crippen LogP contribution is 2.18. The van der Waals surface area contributed by atoms with Gasteiger partial charge in [-0.2, -0.15) is 0 Å². The Bertz CT molecular complexity index is 1280. The Kier molecular flexibility index (Phi) is 5.70. The van der Waals surface area contributed by atoms with E-state index in [4.69, 9.17) is 4.42 Å². The summed E-state index contributed by atoms with van der Waals surface area (Å²) in [5.74, 6) is 0.507. The molecule has 1 amide bonds. The van der Waals surface area contributed by atoms with Crippen LogP contribution in [0.25, 0.3) is 10.9 Å². The second kappa shape index (κ2) is 8.59. The summed E-state index contributed by atoms with van der Waals surface area (Å²) in [6.07, 6.45) is 5.02. The lowest BCUT2D eigenvalue weighted by Gasteiger charge is -2.17. The number of amides is 1. The maximum absolute atomic E-state index is 13.1. The molecular weight excluding hydrogens is 394 g/mol. The zero-order valence-corrected chi connectivity index (χ0v) is 17.9. The highest BCUT2D eigenvalue weighted by Gasteiger charge is 2.21. The van der Waals surface area contributed by atoms with Crippen LogP contribution in [0.2, 0.25) is 0 Å². The van der Waals surface area contributed by atoms with Crippen molar-refractivity contribution in [3.8, 4) is 0 Å². The van der Waals surface area contributed by atoms with Crippen LogP contribution in [-0.2, 0) is 25.9 Å². The molecule has 0 bridgehead atoms. The summed E-state index contributed by atoms with van der Waals surface area (Å²) in [5, 5.41) is 9.01. The van der Waals surface area contributed by atoms with Gasteiger partial charge in [0.25, 0.3) is 11.5 Å². The molecule has 0 unspecified atom stereocenters. The van der Waals surface area contributed by atoms with Crippen molar-refractivity contribution in [2.45, 2.75) is 39.8 Å². The molecule has 0 aliphatic carbocycles. The first-order valence-corrected chi connectivity index (χ1v) is 10.3. The normalized spacial score (nSPS) is 11.2. The first kappa shape index (κ1) is 20.6. The third-order valence-corrected chi connectivity index (χ3v) is 5.41. The average Bonchev–Trinajstić information content (AvgIpc) is 3.40. The standard InChI is InChI=1S/C23H25N5O3/c1-4-19-25-26-20(31-19)14-27(3)22(29)21-15(2)9-11-28(23(21)30)12-10-16-13-24-18-8-6-5-7-17(16)18/h5-9,11,13,24H,4,10,12,14H2,1-3H3. The summed E-state index contributed by atoms with van der Waals surface area (Å²) in [6.45, 7) is 4.32. The summed E-state index contributed by atoms with van der Waals surface area (Å²) in [6, 6.07) is 9.87. The molecule has 3 heterocycles. The van der Waals surface area contributed by atoms with Crippen LogP contribution in [-0.4, -0.2) is 37.6 Å². The number of aryl methyl sites for hydroxylation is 4. The van der Waals surface area contributed by atoms with E-state index in [0.717, 1.165) is 16.5 Å². The number of nitrogens with zero attached hydrogens (tertiary/aromatic N) is 4. The number of hydrogen-bond donors (Lipinski definition) is 1. The fraction of sp³-hybridized carbons (Fsp3) is 0.304. The number of rotatable bonds is 7. The van der Waals surface area contributed by atoms with Crippen molar-refractivity contribution in [3.05, 3.63) is 81.6 Å². The van der Waals surface area contributed by atoms with Crippen molar-refractivity contribution in [2.75, 3.05) is 7.05 Å². The topological polar surface area (TPSA) is 97.0 Å². The molecule has 1 N–H and O–H groups in total. The molecule has 3 aromatic heterocycles. The molecule has 160 valence electrons. The van der Waals surface area contributed by atoms with E-state index in [1.165, 1.54) is 4.90 Å². The Hall–Kier alpha value is -3.68. The summed E-state index contributed by atoms with van der Waals surface area (Å²) in [7, 11) is 1.63. The number of pyridine rings is 1. The fourth-order valence-corrected chi connectivity index (χ4v) is 3.64. The van der Waals surface area contributed by atoms with Crippen molar-refractivity contribution in [2.24, 2.45) is 0 Å². The second-order valence-electron chi connectivity index (χ2n) is 7.59. The van der Waals surface area contributed by atoms with Crippen molar-refractivity contribution in [1.29, 1.82) is 0 Å². The van der Waals surface area contributed by atoms with Gasteiger partial charge in [0.2, 0.25) is 11.8 Å². The number of aromatic nitrogens is 4. The Morgan fingerprint density at radius 2 is 1.97 bits per heavy atom. The molecule has 4 aromatic rings. The van der Waals surface area contributed by atoms with E-state index in [0.29, 0.717) is 36.7 Å². The Labute approximate surface area is 179 Å². The minimum absolute atomic E-state index is 0.148. The van der Waals surface area contributed by atoms with Gasteiger partial charge in [-0.3, -0.25) is 9.59 Å². The highest BCUT2D eigenvalue weighted by molar-refractivity contribution is 5.95. The molecule has 4 rings (SSSR count). The van der Waals surface area contributed by atoms with Gasteiger partial charge in [-0.05, 0) is 36.6 Å². The highest BCUT2D eigenvalue weighted by atomic mass is 16.4. The minimum Gasteiger partial charge on any atom is -0.423 e. The van der Waals surface area contributed by atoms with E-state index in [-0.39, 0.29) is 23.6 Å². The third kappa shape index (κ3) is 4.14.